The van der Waals surface area contributed by atoms with Gasteiger partial charge in [-0.05, 0) is 33.1 Å². The monoisotopic (exact) mass is 444 g/mol. The standard InChI is InChI=1S/C23H28N2O5S/c1-16-17(2)30-21(18-8-4-3-5-9-18)20(16)23(27)25-11-7-14-31(28,15-12-25)24-22(26)19-10-6-13-29-19/h3-5,8-9,19H,6-7,10-15H2,1-2H3. The summed E-state index contributed by atoms with van der Waals surface area (Å²) in [5, 5.41) is 0. The lowest BCUT2D eigenvalue weighted by molar-refractivity contribution is -0.126. The summed E-state index contributed by atoms with van der Waals surface area (Å²) < 4.78 is 28.6. The number of hydrogen-bond donors (Lipinski definition) is 0. The van der Waals surface area contributed by atoms with Crippen LogP contribution in [0.5, 0.6) is 0 Å². The SMILES string of the molecule is Cc1oc(-c2ccccc2)c(C(=O)N2CCCS(=O)(=NC(=O)C3CCCO3)CC2)c1C. The number of hydrogen-bond acceptors (Lipinski definition) is 5. The zero-order valence-corrected chi connectivity index (χ0v) is 18.8. The van der Waals surface area contributed by atoms with Crippen LogP contribution in [0.25, 0.3) is 11.3 Å². The molecule has 7 nitrogen and oxygen atoms in total. The van der Waals surface area contributed by atoms with Crippen LogP contribution in [0.2, 0.25) is 0 Å². The van der Waals surface area contributed by atoms with E-state index in [0.717, 1.165) is 17.5 Å². The summed E-state index contributed by atoms with van der Waals surface area (Å²) in [6.07, 6.45) is 1.42. The Balaban J connectivity index is 1.56. The van der Waals surface area contributed by atoms with E-state index in [0.29, 0.717) is 48.8 Å². The zero-order chi connectivity index (χ0) is 22.0. The van der Waals surface area contributed by atoms with Crippen LogP contribution < -0.4 is 0 Å². The first kappa shape index (κ1) is 21.8. The van der Waals surface area contributed by atoms with Crippen molar-refractivity contribution in [1.82, 2.24) is 4.90 Å². The molecule has 2 amide bonds. The fourth-order valence-corrected chi connectivity index (χ4v) is 5.99. The van der Waals surface area contributed by atoms with Crippen LogP contribution in [0, 0.1) is 13.8 Å². The van der Waals surface area contributed by atoms with Crippen LogP contribution in [0.1, 0.15) is 40.9 Å². The number of aryl methyl sites for hydroxylation is 1. The first-order valence-electron chi connectivity index (χ1n) is 10.7. The lowest BCUT2D eigenvalue weighted by atomic mass is 10.0. The molecular formula is C23H28N2O5S. The van der Waals surface area contributed by atoms with Gasteiger partial charge in [0, 0.05) is 42.3 Å². The van der Waals surface area contributed by atoms with E-state index in [-0.39, 0.29) is 18.2 Å². The number of furan rings is 1. The smallest absolute Gasteiger partial charge is 0.282 e. The normalized spacial score (nSPS) is 24.1. The molecule has 0 N–H and O–H groups in total. The van der Waals surface area contributed by atoms with E-state index in [1.165, 1.54) is 0 Å². The maximum atomic E-state index is 13.5. The van der Waals surface area contributed by atoms with Crippen molar-refractivity contribution in [2.24, 2.45) is 4.36 Å². The van der Waals surface area contributed by atoms with Gasteiger partial charge >= 0.3 is 0 Å². The van der Waals surface area contributed by atoms with E-state index in [9.17, 15) is 13.8 Å². The van der Waals surface area contributed by atoms with Crippen LogP contribution in [0.15, 0.2) is 39.1 Å². The second kappa shape index (κ2) is 8.96. The van der Waals surface area contributed by atoms with Crippen molar-refractivity contribution in [2.75, 3.05) is 31.2 Å². The van der Waals surface area contributed by atoms with Gasteiger partial charge in [-0.2, -0.15) is 4.36 Å². The summed E-state index contributed by atoms with van der Waals surface area (Å²) in [6.45, 7) is 5.04. The van der Waals surface area contributed by atoms with Gasteiger partial charge in [0.25, 0.3) is 11.8 Å². The summed E-state index contributed by atoms with van der Waals surface area (Å²) in [6, 6.07) is 9.56. The molecule has 0 aliphatic carbocycles. The molecule has 0 bridgehead atoms. The number of benzene rings is 1. The van der Waals surface area contributed by atoms with E-state index >= 15 is 0 Å². The van der Waals surface area contributed by atoms with Crippen LogP contribution >= 0.6 is 0 Å². The van der Waals surface area contributed by atoms with E-state index in [4.69, 9.17) is 9.15 Å². The molecule has 8 heteroatoms. The van der Waals surface area contributed by atoms with Crippen LogP contribution in [-0.4, -0.2) is 58.2 Å². The van der Waals surface area contributed by atoms with Crippen molar-refractivity contribution in [3.63, 3.8) is 0 Å². The third kappa shape index (κ3) is 4.60. The van der Waals surface area contributed by atoms with E-state index in [1.807, 2.05) is 44.2 Å². The zero-order valence-electron chi connectivity index (χ0n) is 18.0. The molecule has 0 spiro atoms. The molecule has 2 aliphatic rings. The summed E-state index contributed by atoms with van der Waals surface area (Å²) in [5.41, 5.74) is 2.20. The number of rotatable bonds is 3. The van der Waals surface area contributed by atoms with E-state index in [1.54, 1.807) is 4.90 Å². The minimum Gasteiger partial charge on any atom is -0.460 e. The molecular weight excluding hydrogens is 416 g/mol. The molecule has 0 saturated carbocycles. The highest BCUT2D eigenvalue weighted by Crippen LogP contribution is 2.32. The van der Waals surface area contributed by atoms with Gasteiger partial charge in [0.15, 0.2) is 0 Å². The summed E-state index contributed by atoms with van der Waals surface area (Å²) in [7, 11) is -2.70. The van der Waals surface area contributed by atoms with Crippen molar-refractivity contribution in [3.8, 4) is 11.3 Å². The number of amides is 2. The Bertz CT molecular complexity index is 1090. The molecule has 0 radical (unpaired) electrons. The minimum atomic E-state index is -2.70. The molecule has 2 saturated heterocycles. The Kier molecular flexibility index (Phi) is 6.29. The lowest BCUT2D eigenvalue weighted by Crippen LogP contribution is -2.34. The quantitative estimate of drug-likeness (QED) is 0.722. The fraction of sp³-hybridized carbons (Fsp3) is 0.478. The highest BCUT2D eigenvalue weighted by molar-refractivity contribution is 7.93. The molecule has 2 aliphatic heterocycles. The third-order valence-corrected chi connectivity index (χ3v) is 8.22. The van der Waals surface area contributed by atoms with E-state index in [2.05, 4.69) is 4.36 Å². The van der Waals surface area contributed by atoms with Crippen molar-refractivity contribution in [1.29, 1.82) is 0 Å². The highest BCUT2D eigenvalue weighted by Gasteiger charge is 2.30. The van der Waals surface area contributed by atoms with Crippen molar-refractivity contribution < 1.29 is 23.0 Å². The highest BCUT2D eigenvalue weighted by atomic mass is 32.2. The number of carbonyl (C=O) groups excluding carboxylic acids is 2. The van der Waals surface area contributed by atoms with Gasteiger partial charge in [0.05, 0.1) is 15.3 Å². The van der Waals surface area contributed by atoms with Crippen molar-refractivity contribution in [3.05, 3.63) is 47.2 Å². The predicted octanol–water partition coefficient (Wildman–Crippen LogP) is 3.58. The maximum absolute atomic E-state index is 13.5. The molecule has 2 unspecified atom stereocenters. The van der Waals surface area contributed by atoms with Gasteiger partial charge in [0.2, 0.25) is 0 Å². The molecule has 4 rings (SSSR count). The number of ether oxygens (including phenoxy) is 1. The second-order valence-corrected chi connectivity index (χ2v) is 10.7. The lowest BCUT2D eigenvalue weighted by Gasteiger charge is -2.20. The largest absolute Gasteiger partial charge is 0.460 e. The summed E-state index contributed by atoms with van der Waals surface area (Å²) >= 11 is 0. The number of carbonyl (C=O) groups is 2. The molecule has 2 fully saturated rings. The molecule has 2 atom stereocenters. The third-order valence-electron chi connectivity index (χ3n) is 5.96. The molecule has 2 aromatic rings. The fourth-order valence-electron chi connectivity index (χ4n) is 4.07. The van der Waals surface area contributed by atoms with Gasteiger partial charge in [0.1, 0.15) is 17.6 Å². The molecule has 1 aromatic heterocycles. The van der Waals surface area contributed by atoms with Crippen molar-refractivity contribution >= 4 is 21.5 Å². The molecule has 1 aromatic carbocycles. The van der Waals surface area contributed by atoms with Gasteiger partial charge in [-0.1, -0.05) is 30.3 Å². The summed E-state index contributed by atoms with van der Waals surface area (Å²) in [5.74, 6) is 1.21. The van der Waals surface area contributed by atoms with Gasteiger partial charge in [-0.3, -0.25) is 9.59 Å². The topological polar surface area (TPSA) is 89.2 Å². The first-order chi connectivity index (χ1) is 14.9. The Morgan fingerprint density at radius 1 is 1.10 bits per heavy atom. The van der Waals surface area contributed by atoms with Crippen LogP contribution in [0.3, 0.4) is 0 Å². The molecule has 166 valence electrons. The molecule has 3 heterocycles. The maximum Gasteiger partial charge on any atom is 0.282 e. The number of nitrogens with zero attached hydrogens (tertiary/aromatic N) is 2. The average molecular weight is 445 g/mol. The van der Waals surface area contributed by atoms with E-state index < -0.39 is 21.7 Å². The Morgan fingerprint density at radius 3 is 2.58 bits per heavy atom. The second-order valence-electron chi connectivity index (χ2n) is 8.11. The van der Waals surface area contributed by atoms with Crippen LogP contribution in [-0.2, 0) is 19.3 Å². The molecule has 31 heavy (non-hydrogen) atoms. The Hall–Kier alpha value is -2.45. The van der Waals surface area contributed by atoms with Gasteiger partial charge in [-0.15, -0.1) is 0 Å². The minimum absolute atomic E-state index is 0.137. The average Bonchev–Trinajstić information content (AvgIpc) is 3.35. The first-order valence-corrected chi connectivity index (χ1v) is 12.6. The Labute approximate surface area is 182 Å². The summed E-state index contributed by atoms with van der Waals surface area (Å²) in [4.78, 5) is 27.5. The predicted molar refractivity (Wildman–Crippen MR) is 118 cm³/mol. The van der Waals surface area contributed by atoms with Crippen LogP contribution in [0.4, 0.5) is 0 Å². The van der Waals surface area contributed by atoms with Crippen molar-refractivity contribution in [2.45, 2.75) is 39.2 Å². The van der Waals surface area contributed by atoms with Gasteiger partial charge < -0.3 is 14.1 Å². The van der Waals surface area contributed by atoms with Gasteiger partial charge in [-0.25, -0.2) is 4.21 Å². The Morgan fingerprint density at radius 2 is 1.87 bits per heavy atom.